The molecule has 0 aromatic carbocycles. The van der Waals surface area contributed by atoms with E-state index in [-0.39, 0.29) is 0 Å². The van der Waals surface area contributed by atoms with Gasteiger partial charge in [-0.3, -0.25) is 4.79 Å². The molecule has 2 nitrogen and oxygen atoms in total. The first-order chi connectivity index (χ1) is 3.77. The van der Waals surface area contributed by atoms with Crippen molar-refractivity contribution in [3.63, 3.8) is 0 Å². The molecule has 0 amide bonds. The molecule has 0 aromatic heterocycles. The van der Waals surface area contributed by atoms with Gasteiger partial charge >= 0.3 is 0 Å². The highest BCUT2D eigenvalue weighted by molar-refractivity contribution is 5.38. The quantitative estimate of drug-likeness (QED) is 0.312. The SMILES string of the molecule is C=C(C)C=COC=O. The van der Waals surface area contributed by atoms with E-state index < -0.39 is 0 Å². The summed E-state index contributed by atoms with van der Waals surface area (Å²) in [6.07, 6.45) is 2.89. The van der Waals surface area contributed by atoms with E-state index in [0.29, 0.717) is 6.47 Å². The molecule has 0 N–H and O–H groups in total. The van der Waals surface area contributed by atoms with Crippen LogP contribution in [0.5, 0.6) is 0 Å². The number of carbonyl (C=O) groups is 1. The molecule has 2 heteroatoms. The second-order valence-electron chi connectivity index (χ2n) is 1.38. The van der Waals surface area contributed by atoms with Crippen LogP contribution >= 0.6 is 0 Å². The topological polar surface area (TPSA) is 26.3 Å². The van der Waals surface area contributed by atoms with Gasteiger partial charge in [-0.2, -0.15) is 0 Å². The highest BCUT2D eigenvalue weighted by Crippen LogP contribution is 1.86. The minimum Gasteiger partial charge on any atom is -0.437 e. The minimum atomic E-state index is 0.361. The Balaban J connectivity index is 3.34. The van der Waals surface area contributed by atoms with E-state index in [1.807, 2.05) is 6.92 Å². The molecule has 0 spiro atoms. The summed E-state index contributed by atoms with van der Waals surface area (Å²) in [6.45, 7) is 5.71. The van der Waals surface area contributed by atoms with Gasteiger partial charge in [0.1, 0.15) is 0 Å². The fraction of sp³-hybridized carbons (Fsp3) is 0.167. The lowest BCUT2D eigenvalue weighted by Gasteiger charge is -1.82. The minimum absolute atomic E-state index is 0.361. The van der Waals surface area contributed by atoms with Crippen LogP contribution in [0.2, 0.25) is 0 Å². The summed E-state index contributed by atoms with van der Waals surface area (Å²) in [7, 11) is 0. The molecule has 0 aromatic rings. The molecule has 0 heterocycles. The Morgan fingerprint density at radius 3 is 2.75 bits per heavy atom. The van der Waals surface area contributed by atoms with Gasteiger partial charge in [-0.15, -0.1) is 0 Å². The molecule has 0 aliphatic rings. The lowest BCUT2D eigenvalue weighted by atomic mass is 10.4. The van der Waals surface area contributed by atoms with Gasteiger partial charge < -0.3 is 4.74 Å². The summed E-state index contributed by atoms with van der Waals surface area (Å²) < 4.78 is 4.22. The molecule has 0 atom stereocenters. The van der Waals surface area contributed by atoms with Crippen molar-refractivity contribution in [3.05, 3.63) is 24.5 Å². The van der Waals surface area contributed by atoms with Gasteiger partial charge in [0.2, 0.25) is 0 Å². The number of carbonyl (C=O) groups excluding carboxylic acids is 1. The first-order valence-corrected chi connectivity index (χ1v) is 2.18. The standard InChI is InChI=1S/C6H8O2/c1-6(2)3-4-8-5-7/h3-5H,1H2,2H3. The normalized spacial score (nSPS) is 9.12. The number of hydrogen-bond donors (Lipinski definition) is 0. The number of ether oxygens (including phenoxy) is 1. The second-order valence-corrected chi connectivity index (χ2v) is 1.38. The van der Waals surface area contributed by atoms with Crippen LogP contribution in [0.3, 0.4) is 0 Å². The number of rotatable bonds is 3. The van der Waals surface area contributed by atoms with Crippen molar-refractivity contribution in [2.45, 2.75) is 6.92 Å². The van der Waals surface area contributed by atoms with Gasteiger partial charge in [0.25, 0.3) is 6.47 Å². The lowest BCUT2D eigenvalue weighted by molar-refractivity contribution is -0.123. The molecule has 0 aliphatic heterocycles. The van der Waals surface area contributed by atoms with Crippen molar-refractivity contribution >= 4 is 6.47 Å². The average Bonchev–Trinajstić information content (AvgIpc) is 1.66. The Labute approximate surface area is 48.5 Å². The molecule has 0 aliphatic carbocycles. The molecule has 0 unspecified atom stereocenters. The van der Waals surface area contributed by atoms with Gasteiger partial charge in [-0.25, -0.2) is 0 Å². The van der Waals surface area contributed by atoms with Gasteiger partial charge in [-0.1, -0.05) is 12.2 Å². The van der Waals surface area contributed by atoms with E-state index in [2.05, 4.69) is 11.3 Å². The van der Waals surface area contributed by atoms with Crippen LogP contribution < -0.4 is 0 Å². The molecule has 0 fully saturated rings. The molecule has 0 saturated carbocycles. The van der Waals surface area contributed by atoms with Crippen molar-refractivity contribution in [2.24, 2.45) is 0 Å². The maximum absolute atomic E-state index is 9.48. The van der Waals surface area contributed by atoms with Gasteiger partial charge in [0.05, 0.1) is 6.26 Å². The van der Waals surface area contributed by atoms with Crippen LogP contribution in [0.15, 0.2) is 24.5 Å². The summed E-state index contributed by atoms with van der Waals surface area (Å²) in [4.78, 5) is 9.48. The monoisotopic (exact) mass is 112 g/mol. The molecule has 44 valence electrons. The molecule has 0 bridgehead atoms. The van der Waals surface area contributed by atoms with E-state index >= 15 is 0 Å². The zero-order valence-electron chi connectivity index (χ0n) is 4.76. The first-order valence-electron chi connectivity index (χ1n) is 2.18. The molecule has 0 radical (unpaired) electrons. The summed E-state index contributed by atoms with van der Waals surface area (Å²) in [5.41, 5.74) is 0.854. The van der Waals surface area contributed by atoms with E-state index in [9.17, 15) is 4.79 Å². The Morgan fingerprint density at radius 2 is 2.38 bits per heavy atom. The highest BCUT2D eigenvalue weighted by atomic mass is 16.5. The largest absolute Gasteiger partial charge is 0.437 e. The third-order valence-electron chi connectivity index (χ3n) is 0.487. The summed E-state index contributed by atoms with van der Waals surface area (Å²) in [6, 6.07) is 0. The first kappa shape index (κ1) is 6.95. The predicted molar refractivity (Wildman–Crippen MR) is 31.1 cm³/mol. The third kappa shape index (κ3) is 4.95. The average molecular weight is 112 g/mol. The maximum Gasteiger partial charge on any atom is 0.297 e. The highest BCUT2D eigenvalue weighted by Gasteiger charge is 1.70. The molecule has 8 heavy (non-hydrogen) atoms. The zero-order valence-corrected chi connectivity index (χ0v) is 4.76. The van der Waals surface area contributed by atoms with Gasteiger partial charge in [0.15, 0.2) is 0 Å². The Morgan fingerprint density at radius 1 is 1.75 bits per heavy atom. The maximum atomic E-state index is 9.48. The Kier molecular flexibility index (Phi) is 3.58. The molecule has 0 rings (SSSR count). The van der Waals surface area contributed by atoms with Crippen LogP contribution in [-0.4, -0.2) is 6.47 Å². The molecule has 0 saturated heterocycles. The predicted octanol–water partition coefficient (Wildman–Crippen LogP) is 1.25. The summed E-state index contributed by atoms with van der Waals surface area (Å²) in [5, 5.41) is 0. The smallest absolute Gasteiger partial charge is 0.297 e. The van der Waals surface area contributed by atoms with Crippen molar-refractivity contribution in [3.8, 4) is 0 Å². The van der Waals surface area contributed by atoms with Crippen molar-refractivity contribution in [2.75, 3.05) is 0 Å². The Hall–Kier alpha value is -1.05. The fourth-order valence-corrected chi connectivity index (χ4v) is 0.188. The Bertz CT molecular complexity index is 114. The van der Waals surface area contributed by atoms with E-state index in [4.69, 9.17) is 0 Å². The van der Waals surface area contributed by atoms with Crippen LogP contribution in [0.25, 0.3) is 0 Å². The van der Waals surface area contributed by atoms with Crippen LogP contribution in [0, 0.1) is 0 Å². The van der Waals surface area contributed by atoms with E-state index in [1.54, 1.807) is 6.08 Å². The van der Waals surface area contributed by atoms with Crippen molar-refractivity contribution < 1.29 is 9.53 Å². The fourth-order valence-electron chi connectivity index (χ4n) is 0.188. The lowest BCUT2D eigenvalue weighted by Crippen LogP contribution is -1.71. The van der Waals surface area contributed by atoms with Gasteiger partial charge in [0, 0.05) is 0 Å². The molecular formula is C6H8O2. The zero-order chi connectivity index (χ0) is 6.41. The van der Waals surface area contributed by atoms with Gasteiger partial charge in [-0.05, 0) is 13.0 Å². The second kappa shape index (κ2) is 4.12. The number of allylic oxidation sites excluding steroid dienone is 2. The number of hydrogen-bond acceptors (Lipinski definition) is 2. The van der Waals surface area contributed by atoms with Crippen molar-refractivity contribution in [1.29, 1.82) is 0 Å². The molecular weight excluding hydrogens is 104 g/mol. The van der Waals surface area contributed by atoms with Crippen LogP contribution in [0.4, 0.5) is 0 Å². The van der Waals surface area contributed by atoms with Crippen LogP contribution in [-0.2, 0) is 9.53 Å². The van der Waals surface area contributed by atoms with Crippen molar-refractivity contribution in [1.82, 2.24) is 0 Å². The summed E-state index contributed by atoms with van der Waals surface area (Å²) in [5.74, 6) is 0. The van der Waals surface area contributed by atoms with E-state index in [0.717, 1.165) is 5.57 Å². The van der Waals surface area contributed by atoms with E-state index in [1.165, 1.54) is 6.26 Å². The summed E-state index contributed by atoms with van der Waals surface area (Å²) >= 11 is 0. The third-order valence-corrected chi connectivity index (χ3v) is 0.487. The van der Waals surface area contributed by atoms with Crippen LogP contribution in [0.1, 0.15) is 6.92 Å².